The van der Waals surface area contributed by atoms with Crippen molar-refractivity contribution in [2.24, 2.45) is 0 Å². The molecule has 0 fully saturated rings. The van der Waals surface area contributed by atoms with E-state index in [0.29, 0.717) is 5.92 Å². The quantitative estimate of drug-likeness (QED) is 0.595. The van der Waals surface area contributed by atoms with Gasteiger partial charge in [0.1, 0.15) is 0 Å². The minimum atomic E-state index is 0.223. The Balaban J connectivity index is 3.55. The second-order valence-electron chi connectivity index (χ2n) is 7.91. The van der Waals surface area contributed by atoms with Crippen LogP contribution in [0.5, 0.6) is 0 Å². The number of hydrogen-bond acceptors (Lipinski definition) is 0. The maximum Gasteiger partial charge on any atom is -0.0129 e. The topological polar surface area (TPSA) is 0 Å². The lowest BCUT2D eigenvalue weighted by atomic mass is 9.75. The van der Waals surface area contributed by atoms with Crippen LogP contribution in [0.15, 0.2) is 12.1 Å². The van der Waals surface area contributed by atoms with Gasteiger partial charge in [-0.25, -0.2) is 0 Å². The number of rotatable bonds is 1. The molecule has 1 aromatic carbocycles. The van der Waals surface area contributed by atoms with Crippen molar-refractivity contribution in [2.75, 3.05) is 0 Å². The Hall–Kier alpha value is -0.780. The van der Waals surface area contributed by atoms with Crippen molar-refractivity contribution in [2.45, 2.75) is 79.1 Å². The van der Waals surface area contributed by atoms with Gasteiger partial charge < -0.3 is 0 Å². The summed E-state index contributed by atoms with van der Waals surface area (Å²) in [5, 5.41) is 0. The summed E-state index contributed by atoms with van der Waals surface area (Å²) in [5.74, 6) is 0.584. The van der Waals surface area contributed by atoms with Gasteiger partial charge in [0.2, 0.25) is 0 Å². The lowest BCUT2D eigenvalue weighted by molar-refractivity contribution is 0.562. The Morgan fingerprint density at radius 2 is 1.22 bits per heavy atom. The highest BCUT2D eigenvalue weighted by Crippen LogP contribution is 2.36. The standard InChI is InChI=1S/C18H30/c1-12(2)14-11-15(17(4,5)6)13(3)10-16(14)18(7,8)9/h10-12H,1-9H3. The first-order valence-electron chi connectivity index (χ1n) is 7.10. The van der Waals surface area contributed by atoms with E-state index in [2.05, 4.69) is 74.4 Å². The minimum Gasteiger partial charge on any atom is -0.0587 e. The van der Waals surface area contributed by atoms with Crippen molar-refractivity contribution in [3.63, 3.8) is 0 Å². The first-order valence-corrected chi connectivity index (χ1v) is 7.10. The van der Waals surface area contributed by atoms with Crippen LogP contribution in [-0.4, -0.2) is 0 Å². The Kier molecular flexibility index (Phi) is 4.00. The van der Waals surface area contributed by atoms with Crippen molar-refractivity contribution in [3.8, 4) is 0 Å². The number of hydrogen-bond donors (Lipinski definition) is 0. The molecule has 0 radical (unpaired) electrons. The molecule has 18 heavy (non-hydrogen) atoms. The van der Waals surface area contributed by atoms with E-state index < -0.39 is 0 Å². The van der Waals surface area contributed by atoms with Gasteiger partial charge in [-0.05, 0) is 45.9 Å². The monoisotopic (exact) mass is 246 g/mol. The first kappa shape index (κ1) is 15.3. The van der Waals surface area contributed by atoms with Crippen LogP contribution in [0.25, 0.3) is 0 Å². The zero-order valence-electron chi connectivity index (χ0n) is 13.7. The van der Waals surface area contributed by atoms with Crippen molar-refractivity contribution < 1.29 is 0 Å². The molecule has 0 saturated carbocycles. The zero-order chi connectivity index (χ0) is 14.3. The molecule has 102 valence electrons. The average molecular weight is 246 g/mol. The van der Waals surface area contributed by atoms with Gasteiger partial charge >= 0.3 is 0 Å². The third-order valence-corrected chi connectivity index (χ3v) is 3.63. The first-order chi connectivity index (χ1) is 7.94. The van der Waals surface area contributed by atoms with Crippen molar-refractivity contribution in [3.05, 3.63) is 34.4 Å². The van der Waals surface area contributed by atoms with Crippen LogP contribution in [0.1, 0.15) is 83.6 Å². The zero-order valence-corrected chi connectivity index (χ0v) is 13.7. The molecule has 0 spiro atoms. The maximum absolute atomic E-state index is 2.45. The van der Waals surface area contributed by atoms with Gasteiger partial charge in [-0.1, -0.05) is 67.5 Å². The van der Waals surface area contributed by atoms with E-state index >= 15 is 0 Å². The molecule has 0 heterocycles. The molecule has 0 bridgehead atoms. The number of aryl methyl sites for hydroxylation is 1. The predicted molar refractivity (Wildman–Crippen MR) is 82.7 cm³/mol. The summed E-state index contributed by atoms with van der Waals surface area (Å²) in [6, 6.07) is 4.86. The Labute approximate surface area is 114 Å². The van der Waals surface area contributed by atoms with Crippen LogP contribution in [0.2, 0.25) is 0 Å². The summed E-state index contributed by atoms with van der Waals surface area (Å²) in [4.78, 5) is 0. The van der Waals surface area contributed by atoms with Gasteiger partial charge in [0.05, 0.1) is 0 Å². The lowest BCUT2D eigenvalue weighted by Crippen LogP contribution is -2.19. The van der Waals surface area contributed by atoms with E-state index in [1.54, 1.807) is 0 Å². The summed E-state index contributed by atoms with van der Waals surface area (Å²) in [6.07, 6.45) is 0. The fourth-order valence-corrected chi connectivity index (χ4v) is 2.66. The third-order valence-electron chi connectivity index (χ3n) is 3.63. The highest BCUT2D eigenvalue weighted by molar-refractivity contribution is 5.45. The summed E-state index contributed by atoms with van der Waals surface area (Å²) in [5.41, 5.74) is 6.38. The molecule has 0 aromatic heterocycles. The molecule has 0 saturated heterocycles. The molecule has 1 aromatic rings. The van der Waals surface area contributed by atoms with E-state index in [-0.39, 0.29) is 10.8 Å². The fraction of sp³-hybridized carbons (Fsp3) is 0.667. The van der Waals surface area contributed by atoms with Crippen LogP contribution < -0.4 is 0 Å². The van der Waals surface area contributed by atoms with Gasteiger partial charge in [0.25, 0.3) is 0 Å². The Morgan fingerprint density at radius 1 is 0.778 bits per heavy atom. The average Bonchev–Trinajstić information content (AvgIpc) is 2.13. The molecule has 0 atom stereocenters. The van der Waals surface area contributed by atoms with E-state index in [9.17, 15) is 0 Å². The number of benzene rings is 1. The molecule has 0 N–H and O–H groups in total. The summed E-state index contributed by atoms with van der Waals surface area (Å²) in [7, 11) is 0. The van der Waals surface area contributed by atoms with Crippen LogP contribution in [0.3, 0.4) is 0 Å². The molecule has 0 nitrogen and oxygen atoms in total. The molecule has 0 amide bonds. The molecule has 0 heteroatoms. The van der Waals surface area contributed by atoms with E-state index in [0.717, 1.165) is 0 Å². The van der Waals surface area contributed by atoms with E-state index in [1.165, 1.54) is 22.3 Å². The summed E-state index contributed by atoms with van der Waals surface area (Å²) in [6.45, 7) is 20.7. The second kappa shape index (κ2) is 4.72. The molecule has 0 unspecified atom stereocenters. The molecular formula is C18H30. The normalized spacial score (nSPS) is 13.2. The lowest BCUT2D eigenvalue weighted by Gasteiger charge is -2.30. The highest BCUT2D eigenvalue weighted by Gasteiger charge is 2.24. The molecule has 0 aliphatic heterocycles. The van der Waals surface area contributed by atoms with Gasteiger partial charge in [0.15, 0.2) is 0 Å². The predicted octanol–water partition coefficient (Wildman–Crippen LogP) is 5.71. The van der Waals surface area contributed by atoms with E-state index in [4.69, 9.17) is 0 Å². The largest absolute Gasteiger partial charge is 0.0587 e. The molecule has 0 aliphatic carbocycles. The van der Waals surface area contributed by atoms with Gasteiger partial charge in [0, 0.05) is 0 Å². The second-order valence-corrected chi connectivity index (χ2v) is 7.91. The Morgan fingerprint density at radius 3 is 1.56 bits per heavy atom. The van der Waals surface area contributed by atoms with Crippen LogP contribution in [-0.2, 0) is 10.8 Å². The van der Waals surface area contributed by atoms with Crippen LogP contribution >= 0.6 is 0 Å². The smallest absolute Gasteiger partial charge is 0.0129 e. The third kappa shape index (κ3) is 3.16. The van der Waals surface area contributed by atoms with Crippen molar-refractivity contribution in [1.29, 1.82) is 0 Å². The van der Waals surface area contributed by atoms with Gasteiger partial charge in [-0.3, -0.25) is 0 Å². The Bertz CT molecular complexity index is 423. The minimum absolute atomic E-state index is 0.223. The van der Waals surface area contributed by atoms with Crippen LogP contribution in [0, 0.1) is 6.92 Å². The fourth-order valence-electron chi connectivity index (χ4n) is 2.66. The molecule has 0 aliphatic rings. The van der Waals surface area contributed by atoms with Gasteiger partial charge in [-0.15, -0.1) is 0 Å². The van der Waals surface area contributed by atoms with Gasteiger partial charge in [-0.2, -0.15) is 0 Å². The SMILES string of the molecule is Cc1cc(C(C)(C)C)c(C(C)C)cc1C(C)(C)C. The highest BCUT2D eigenvalue weighted by atomic mass is 14.3. The van der Waals surface area contributed by atoms with Crippen LogP contribution in [0.4, 0.5) is 0 Å². The maximum atomic E-state index is 2.45. The molecular weight excluding hydrogens is 216 g/mol. The van der Waals surface area contributed by atoms with E-state index in [1.807, 2.05) is 0 Å². The molecule has 1 rings (SSSR count). The summed E-state index contributed by atoms with van der Waals surface area (Å²) < 4.78 is 0. The van der Waals surface area contributed by atoms with Crippen molar-refractivity contribution in [1.82, 2.24) is 0 Å². The summed E-state index contributed by atoms with van der Waals surface area (Å²) >= 11 is 0. The van der Waals surface area contributed by atoms with Crippen molar-refractivity contribution >= 4 is 0 Å².